The molecule has 1 saturated heterocycles. The van der Waals surface area contributed by atoms with E-state index in [0.717, 1.165) is 25.7 Å². The van der Waals surface area contributed by atoms with Gasteiger partial charge in [-0.05, 0) is 32.0 Å². The number of hydrogen-bond acceptors (Lipinski definition) is 7. The number of ether oxygens (including phenoxy) is 2. The largest absolute Gasteiger partial charge is 0.379 e. The van der Waals surface area contributed by atoms with Crippen molar-refractivity contribution < 1.29 is 18.7 Å². The number of fused-ring (bicyclic) bond motifs is 2. The van der Waals surface area contributed by atoms with E-state index in [-0.39, 0.29) is 18.7 Å². The molecule has 5 rings (SSSR count). The van der Waals surface area contributed by atoms with Crippen molar-refractivity contribution in [1.82, 2.24) is 34.5 Å². The second kappa shape index (κ2) is 12.8. The molecule has 0 saturated carbocycles. The zero-order chi connectivity index (χ0) is 30.0. The Balaban J connectivity index is 1.53. The second-order valence-corrected chi connectivity index (χ2v) is 18.3. The molecule has 10 nitrogen and oxygen atoms in total. The lowest BCUT2D eigenvalue weighted by Crippen LogP contribution is -2.38. The molecular weight excluding hydrogens is 577 g/mol. The lowest BCUT2D eigenvalue weighted by molar-refractivity contribution is 0.0361. The minimum atomic E-state index is -1.25. The first-order chi connectivity index (χ1) is 20.0. The van der Waals surface area contributed by atoms with Crippen LogP contribution in [0.2, 0.25) is 30.7 Å². The van der Waals surface area contributed by atoms with Gasteiger partial charge in [-0.2, -0.15) is 5.10 Å². The molecule has 0 atom stereocenters. The molecule has 0 spiro atoms. The molecule has 226 valence electrons. The molecule has 1 aliphatic rings. The van der Waals surface area contributed by atoms with E-state index in [1.165, 1.54) is 6.07 Å². The molecule has 13 heteroatoms. The predicted molar refractivity (Wildman–Crippen MR) is 165 cm³/mol. The summed E-state index contributed by atoms with van der Waals surface area (Å²) >= 11 is 6.26. The third-order valence-electron chi connectivity index (χ3n) is 7.20. The van der Waals surface area contributed by atoms with Gasteiger partial charge < -0.3 is 19.4 Å². The van der Waals surface area contributed by atoms with Crippen LogP contribution >= 0.6 is 11.6 Å². The third kappa shape index (κ3) is 7.00. The summed E-state index contributed by atoms with van der Waals surface area (Å²) in [5, 5.41) is 8.35. The van der Waals surface area contributed by atoms with E-state index in [9.17, 15) is 4.79 Å². The Morgan fingerprint density at radius 3 is 2.69 bits per heavy atom. The van der Waals surface area contributed by atoms with Gasteiger partial charge in [0.15, 0.2) is 5.65 Å². The van der Waals surface area contributed by atoms with Crippen LogP contribution in [0.3, 0.4) is 0 Å². The van der Waals surface area contributed by atoms with E-state index < -0.39 is 13.9 Å². The van der Waals surface area contributed by atoms with Crippen LogP contribution in [0.5, 0.6) is 0 Å². The van der Waals surface area contributed by atoms with Crippen LogP contribution in [0.1, 0.15) is 24.2 Å². The van der Waals surface area contributed by atoms with Gasteiger partial charge in [0.2, 0.25) is 0 Å². The number of nitrogens with zero attached hydrogens (tertiary/aromatic N) is 6. The molecule has 1 aliphatic heterocycles. The average Bonchev–Trinajstić information content (AvgIpc) is 3.48. The Labute approximate surface area is 251 Å². The van der Waals surface area contributed by atoms with Crippen molar-refractivity contribution >= 4 is 47.6 Å². The Morgan fingerprint density at radius 1 is 1.21 bits per heavy atom. The summed E-state index contributed by atoms with van der Waals surface area (Å²) < 4.78 is 30.4. The van der Waals surface area contributed by atoms with Crippen LogP contribution in [0.4, 0.5) is 4.39 Å². The summed E-state index contributed by atoms with van der Waals surface area (Å²) in [6.07, 6.45) is 3.30. The first kappa shape index (κ1) is 30.6. The highest BCUT2D eigenvalue weighted by atomic mass is 35.5. The fourth-order valence-electron chi connectivity index (χ4n) is 4.94. The van der Waals surface area contributed by atoms with Crippen LogP contribution in [-0.2, 0) is 22.7 Å². The monoisotopic (exact) mass is 615 g/mol. The first-order valence-electron chi connectivity index (χ1n) is 14.4. The Morgan fingerprint density at radius 2 is 1.98 bits per heavy atom. The topological polar surface area (TPSA) is 99.3 Å². The number of hydrogen-bond donors (Lipinski definition) is 1. The van der Waals surface area contributed by atoms with E-state index in [4.69, 9.17) is 31.2 Å². The van der Waals surface area contributed by atoms with E-state index in [1.807, 2.05) is 13.8 Å². The molecule has 0 aliphatic carbocycles. The summed E-state index contributed by atoms with van der Waals surface area (Å²) in [6, 6.07) is 3.96. The van der Waals surface area contributed by atoms with Crippen molar-refractivity contribution in [2.45, 2.75) is 58.9 Å². The SMILES string of the molecule is CC(C)NC(=O)c1cn(COCC[Si](C)(C)C)c2ncc(-c3nn(CCN4CCOCC4)c4cc(Cl)cc(F)c34)nc12. The van der Waals surface area contributed by atoms with Gasteiger partial charge in [0.25, 0.3) is 5.91 Å². The number of halogens is 2. The smallest absolute Gasteiger partial charge is 0.255 e. The molecule has 1 amide bonds. The molecule has 0 bridgehead atoms. The number of aromatic nitrogens is 5. The van der Waals surface area contributed by atoms with Crippen LogP contribution in [-0.4, -0.2) is 88.7 Å². The zero-order valence-corrected chi connectivity index (χ0v) is 26.7. The molecule has 4 aromatic rings. The van der Waals surface area contributed by atoms with Crippen molar-refractivity contribution in [3.05, 3.63) is 40.9 Å². The minimum Gasteiger partial charge on any atom is -0.379 e. The maximum atomic E-state index is 15.4. The summed E-state index contributed by atoms with van der Waals surface area (Å²) in [6.45, 7) is 15.9. The van der Waals surface area contributed by atoms with Crippen LogP contribution in [0.15, 0.2) is 24.5 Å². The van der Waals surface area contributed by atoms with E-state index >= 15 is 4.39 Å². The molecule has 0 radical (unpaired) electrons. The Hall–Kier alpha value is -2.90. The number of nitrogens with one attached hydrogen (secondary N) is 1. The quantitative estimate of drug-likeness (QED) is 0.187. The Kier molecular flexibility index (Phi) is 9.28. The van der Waals surface area contributed by atoms with Crippen molar-refractivity contribution in [1.29, 1.82) is 0 Å². The van der Waals surface area contributed by atoms with Gasteiger partial charge in [-0.15, -0.1) is 0 Å². The summed E-state index contributed by atoms with van der Waals surface area (Å²) in [7, 11) is -1.25. The lowest BCUT2D eigenvalue weighted by atomic mass is 10.1. The van der Waals surface area contributed by atoms with Gasteiger partial charge in [-0.1, -0.05) is 31.2 Å². The fourth-order valence-corrected chi connectivity index (χ4v) is 5.90. The number of morpholine rings is 1. The molecule has 1 N–H and O–H groups in total. The van der Waals surface area contributed by atoms with E-state index in [1.54, 1.807) is 27.7 Å². The summed E-state index contributed by atoms with van der Waals surface area (Å²) in [5.74, 6) is -0.751. The first-order valence-corrected chi connectivity index (χ1v) is 18.5. The molecule has 1 fully saturated rings. The highest BCUT2D eigenvalue weighted by Gasteiger charge is 2.23. The fraction of sp³-hybridized carbons (Fsp3) is 0.517. The van der Waals surface area contributed by atoms with E-state index in [2.05, 4.69) is 34.8 Å². The molecule has 4 heterocycles. The van der Waals surface area contributed by atoms with Crippen LogP contribution < -0.4 is 5.32 Å². The number of carbonyl (C=O) groups excluding carboxylic acids is 1. The molecule has 0 unspecified atom stereocenters. The molecular formula is C29H39ClFN7O3Si. The maximum Gasteiger partial charge on any atom is 0.255 e. The van der Waals surface area contributed by atoms with Crippen LogP contribution in [0.25, 0.3) is 33.5 Å². The average molecular weight is 616 g/mol. The standard InChI is InChI=1S/C29H39ClFN7O3Si/c1-19(2)33-29(39)21-17-37(18-41-12-13-42(3,4)5)28-26(21)34-23(16-32-28)27-25-22(31)14-20(30)15-24(25)38(35-27)7-6-36-8-10-40-11-9-36/h14-17,19H,6-13,18H2,1-5H3,(H,33,39). The third-order valence-corrected chi connectivity index (χ3v) is 9.12. The highest BCUT2D eigenvalue weighted by Crippen LogP contribution is 2.32. The van der Waals surface area contributed by atoms with Crippen molar-refractivity contribution in [2.24, 2.45) is 0 Å². The number of amides is 1. The normalized spacial score (nSPS) is 14.9. The van der Waals surface area contributed by atoms with Gasteiger partial charge in [0, 0.05) is 51.6 Å². The minimum absolute atomic E-state index is 0.0648. The van der Waals surface area contributed by atoms with Gasteiger partial charge >= 0.3 is 0 Å². The van der Waals surface area contributed by atoms with Crippen molar-refractivity contribution in [2.75, 3.05) is 39.5 Å². The van der Waals surface area contributed by atoms with Gasteiger partial charge in [0.1, 0.15) is 29.5 Å². The zero-order valence-electron chi connectivity index (χ0n) is 24.9. The van der Waals surface area contributed by atoms with Gasteiger partial charge in [-0.25, -0.2) is 14.4 Å². The second-order valence-electron chi connectivity index (χ2n) is 12.2. The van der Waals surface area contributed by atoms with Crippen molar-refractivity contribution in [3.8, 4) is 11.4 Å². The number of rotatable bonds is 11. The lowest BCUT2D eigenvalue weighted by Gasteiger charge is -2.26. The Bertz CT molecular complexity index is 1580. The predicted octanol–water partition coefficient (Wildman–Crippen LogP) is 5.02. The van der Waals surface area contributed by atoms with Crippen molar-refractivity contribution in [3.63, 3.8) is 0 Å². The highest BCUT2D eigenvalue weighted by molar-refractivity contribution is 6.76. The van der Waals surface area contributed by atoms with E-state index in [0.29, 0.717) is 70.4 Å². The summed E-state index contributed by atoms with van der Waals surface area (Å²) in [5.41, 5.74) is 2.60. The maximum absolute atomic E-state index is 15.4. The number of benzene rings is 1. The number of carbonyl (C=O) groups is 1. The van der Waals surface area contributed by atoms with Gasteiger partial charge in [-0.3, -0.25) is 14.4 Å². The molecule has 3 aromatic heterocycles. The molecule has 42 heavy (non-hydrogen) atoms. The molecule has 1 aromatic carbocycles. The summed E-state index contributed by atoms with van der Waals surface area (Å²) in [4.78, 5) is 25.0. The van der Waals surface area contributed by atoms with Gasteiger partial charge in [0.05, 0.1) is 42.4 Å². The van der Waals surface area contributed by atoms with Crippen LogP contribution in [0, 0.1) is 5.82 Å².